The van der Waals surface area contributed by atoms with Crippen molar-refractivity contribution in [2.45, 2.75) is 51.0 Å². The highest BCUT2D eigenvalue weighted by Crippen LogP contribution is 2.31. The Morgan fingerprint density at radius 2 is 1.74 bits per heavy atom. The number of benzene rings is 2. The number of carbonyl (C=O) groups is 1. The van der Waals surface area contributed by atoms with Crippen LogP contribution in [0.2, 0.25) is 0 Å². The van der Waals surface area contributed by atoms with Crippen LogP contribution < -0.4 is 10.4 Å². The molecule has 2 aliphatic rings. The van der Waals surface area contributed by atoms with Gasteiger partial charge in [0.15, 0.2) is 0 Å². The number of ether oxygens (including phenoxy) is 1. The summed E-state index contributed by atoms with van der Waals surface area (Å²) in [6, 6.07) is 8.93. The van der Waals surface area contributed by atoms with E-state index >= 15 is 0 Å². The Balaban J connectivity index is 1.16. The highest BCUT2D eigenvalue weighted by molar-refractivity contribution is 6.01. The topological polar surface area (TPSA) is 59.7 Å². The number of unbranched alkanes of at least 4 members (excludes halogenated alkanes) is 1. The Morgan fingerprint density at radius 3 is 2.45 bits per heavy atom. The summed E-state index contributed by atoms with van der Waals surface area (Å²) in [6.45, 7) is 2.02. The van der Waals surface area contributed by atoms with E-state index in [0.29, 0.717) is 60.4 Å². The van der Waals surface area contributed by atoms with E-state index in [4.69, 9.17) is 4.74 Å². The second-order valence-corrected chi connectivity index (χ2v) is 9.99. The van der Waals surface area contributed by atoms with E-state index in [1.807, 2.05) is 17.0 Å². The molecule has 38 heavy (non-hydrogen) atoms. The molecule has 7 nitrogen and oxygen atoms in total. The largest absolute Gasteiger partial charge is 0.496 e. The van der Waals surface area contributed by atoms with Crippen LogP contribution in [0.25, 0.3) is 11.0 Å². The lowest BCUT2D eigenvalue weighted by molar-refractivity contribution is -0.140. The van der Waals surface area contributed by atoms with E-state index in [1.165, 1.54) is 16.7 Å². The van der Waals surface area contributed by atoms with E-state index in [0.717, 1.165) is 31.0 Å². The van der Waals surface area contributed by atoms with Crippen molar-refractivity contribution in [2.75, 3.05) is 33.3 Å². The maximum absolute atomic E-state index is 13.8. The number of carbonyl (C=O) groups excluding carboxylic acids is 1. The minimum atomic E-state index is -4.59. The summed E-state index contributed by atoms with van der Waals surface area (Å²) in [4.78, 5) is 29.9. The van der Waals surface area contributed by atoms with Gasteiger partial charge in [-0.05, 0) is 62.1 Å². The molecule has 0 atom stereocenters. The summed E-state index contributed by atoms with van der Waals surface area (Å²) in [5.74, 6) is -0.0871. The molecule has 0 bridgehead atoms. The molecular formula is C27H30F4N4O3. The number of piperidine rings is 1. The van der Waals surface area contributed by atoms with Crippen LogP contribution in [0, 0.1) is 5.82 Å². The minimum absolute atomic E-state index is 0.00623. The van der Waals surface area contributed by atoms with Crippen molar-refractivity contribution in [3.63, 3.8) is 0 Å². The van der Waals surface area contributed by atoms with Crippen LogP contribution in [0.4, 0.5) is 17.6 Å². The smallest absolute Gasteiger partial charge is 0.406 e. The highest BCUT2D eigenvalue weighted by atomic mass is 19.4. The average Bonchev–Trinajstić information content (AvgIpc) is 3.34. The van der Waals surface area contributed by atoms with Gasteiger partial charge in [-0.15, -0.1) is 0 Å². The molecule has 5 rings (SSSR count). The van der Waals surface area contributed by atoms with Gasteiger partial charge in [-0.25, -0.2) is 9.18 Å². The van der Waals surface area contributed by atoms with E-state index in [2.05, 4.69) is 4.90 Å². The lowest BCUT2D eigenvalue weighted by atomic mass is 10.0. The first-order chi connectivity index (χ1) is 18.2. The maximum Gasteiger partial charge on any atom is 0.406 e. The number of hydrogen-bond acceptors (Lipinski definition) is 4. The lowest BCUT2D eigenvalue weighted by Crippen LogP contribution is -2.39. The molecule has 0 N–H and O–H groups in total. The molecule has 3 aromatic rings. The predicted molar refractivity (Wildman–Crippen MR) is 134 cm³/mol. The zero-order valence-electron chi connectivity index (χ0n) is 21.1. The molecule has 0 unspecified atom stereocenters. The molecule has 1 saturated heterocycles. The first-order valence-corrected chi connectivity index (χ1v) is 12.8. The van der Waals surface area contributed by atoms with Gasteiger partial charge in [0.05, 0.1) is 23.7 Å². The number of likely N-dealkylation sites (tertiary alicyclic amines) is 1. The number of fused-ring (bicyclic) bond motifs is 2. The molecule has 2 aliphatic heterocycles. The zero-order chi connectivity index (χ0) is 27.0. The van der Waals surface area contributed by atoms with Gasteiger partial charge >= 0.3 is 11.9 Å². The van der Waals surface area contributed by atoms with E-state index < -0.39 is 24.2 Å². The first-order valence-electron chi connectivity index (χ1n) is 12.8. The lowest BCUT2D eigenvalue weighted by Gasteiger charge is -2.32. The van der Waals surface area contributed by atoms with Crippen LogP contribution in [0.3, 0.4) is 0 Å². The van der Waals surface area contributed by atoms with Gasteiger partial charge < -0.3 is 14.5 Å². The summed E-state index contributed by atoms with van der Waals surface area (Å²) in [5, 5.41) is 0. The molecule has 2 aromatic carbocycles. The molecule has 3 heterocycles. The van der Waals surface area contributed by atoms with Gasteiger partial charge in [0.2, 0.25) is 0 Å². The Kier molecular flexibility index (Phi) is 7.21. The molecule has 204 valence electrons. The third kappa shape index (κ3) is 5.16. The number of imidazole rings is 1. The summed E-state index contributed by atoms with van der Waals surface area (Å²) in [5.41, 5.74) is 1.16. The fourth-order valence-electron chi connectivity index (χ4n) is 5.71. The quantitative estimate of drug-likeness (QED) is 0.314. The van der Waals surface area contributed by atoms with Gasteiger partial charge in [-0.2, -0.15) is 13.2 Å². The number of alkyl halides is 3. The van der Waals surface area contributed by atoms with Crippen molar-refractivity contribution < 1.29 is 27.1 Å². The third-order valence-electron chi connectivity index (χ3n) is 7.53. The van der Waals surface area contributed by atoms with Crippen molar-refractivity contribution in [1.29, 1.82) is 0 Å². The summed E-state index contributed by atoms with van der Waals surface area (Å²) >= 11 is 0. The summed E-state index contributed by atoms with van der Waals surface area (Å²) in [7, 11) is 1.56. The van der Waals surface area contributed by atoms with Crippen molar-refractivity contribution in [3.05, 3.63) is 63.8 Å². The van der Waals surface area contributed by atoms with Crippen LogP contribution >= 0.6 is 0 Å². The number of halogens is 4. The van der Waals surface area contributed by atoms with Crippen molar-refractivity contribution in [2.24, 2.45) is 0 Å². The van der Waals surface area contributed by atoms with E-state index in [9.17, 15) is 27.2 Å². The number of rotatable bonds is 8. The third-order valence-corrected chi connectivity index (χ3v) is 7.53. The van der Waals surface area contributed by atoms with Crippen LogP contribution in [-0.4, -0.2) is 64.3 Å². The Bertz CT molecular complexity index is 1390. The van der Waals surface area contributed by atoms with Crippen LogP contribution in [0.5, 0.6) is 5.75 Å². The van der Waals surface area contributed by atoms with Crippen LogP contribution in [0.15, 0.2) is 41.2 Å². The molecular weight excluding hydrogens is 504 g/mol. The zero-order valence-corrected chi connectivity index (χ0v) is 21.1. The molecule has 1 fully saturated rings. The first kappa shape index (κ1) is 26.3. The molecule has 1 amide bonds. The number of methoxy groups -OCH3 is 1. The fourth-order valence-corrected chi connectivity index (χ4v) is 5.71. The normalized spacial score (nSPS) is 17.0. The predicted octanol–water partition coefficient (Wildman–Crippen LogP) is 4.59. The van der Waals surface area contributed by atoms with Gasteiger partial charge in [-0.3, -0.25) is 13.9 Å². The van der Waals surface area contributed by atoms with E-state index in [1.54, 1.807) is 13.2 Å². The van der Waals surface area contributed by atoms with Gasteiger partial charge in [0.25, 0.3) is 5.91 Å². The second-order valence-electron chi connectivity index (χ2n) is 9.99. The number of hydrogen-bond donors (Lipinski definition) is 0. The highest BCUT2D eigenvalue weighted by Gasteiger charge is 2.33. The van der Waals surface area contributed by atoms with Crippen molar-refractivity contribution >= 4 is 16.9 Å². The molecule has 0 radical (unpaired) electrons. The Hall–Kier alpha value is -3.34. The fraction of sp³-hybridized carbons (Fsp3) is 0.481. The number of nitrogens with zero attached hydrogens (tertiary/aromatic N) is 4. The van der Waals surface area contributed by atoms with Crippen molar-refractivity contribution in [1.82, 2.24) is 18.9 Å². The Morgan fingerprint density at radius 1 is 1.00 bits per heavy atom. The van der Waals surface area contributed by atoms with E-state index in [-0.39, 0.29) is 17.5 Å². The number of amides is 1. The monoisotopic (exact) mass is 534 g/mol. The van der Waals surface area contributed by atoms with Gasteiger partial charge in [-0.1, -0.05) is 12.1 Å². The Labute approximate surface area is 217 Å². The minimum Gasteiger partial charge on any atom is -0.496 e. The number of aromatic nitrogens is 2. The maximum atomic E-state index is 13.8. The van der Waals surface area contributed by atoms with Gasteiger partial charge in [0, 0.05) is 32.2 Å². The van der Waals surface area contributed by atoms with Crippen molar-refractivity contribution in [3.8, 4) is 5.75 Å². The molecule has 0 aliphatic carbocycles. The summed E-state index contributed by atoms with van der Waals surface area (Å²) < 4.78 is 60.6. The van der Waals surface area contributed by atoms with Crippen LogP contribution in [0.1, 0.15) is 47.6 Å². The molecule has 0 spiro atoms. The molecule has 0 saturated carbocycles. The standard InChI is InChI=1S/C27H30F4N4O3/c1-38-23-6-4-5-18-16-33(25(36)24(18)23)12-3-2-11-32-13-9-20(10-14-32)35-21-8-7-19(28)15-22(21)34(26(35)37)17-27(29,30)31/h4-8,15,20H,2-3,9-14,16-17H2,1H3. The second kappa shape index (κ2) is 10.4. The SMILES string of the molecule is COc1cccc2c1C(=O)N(CCCCN1CCC(n3c(=O)n(CC(F)(F)F)c4cc(F)ccc43)CC1)C2. The average molecular weight is 535 g/mol. The van der Waals surface area contributed by atoms with Gasteiger partial charge in [0.1, 0.15) is 18.1 Å². The van der Waals surface area contributed by atoms with Crippen LogP contribution in [-0.2, 0) is 13.1 Å². The summed E-state index contributed by atoms with van der Waals surface area (Å²) in [6.07, 6.45) is -1.62. The molecule has 11 heteroatoms. The molecule has 1 aromatic heterocycles.